The molecular weight excluding hydrogens is 514 g/mol. The number of aromatic hydroxyl groups is 2. The number of rotatable bonds is 8. The Hall–Kier alpha value is -4.48. The van der Waals surface area contributed by atoms with Crippen molar-refractivity contribution in [1.29, 1.82) is 0 Å². The van der Waals surface area contributed by atoms with E-state index in [1.54, 1.807) is 12.1 Å². The largest absolute Gasteiger partial charge is 0.506 e. The predicted molar refractivity (Wildman–Crippen MR) is 153 cm³/mol. The Morgan fingerprint density at radius 2 is 1.45 bits per heavy atom. The molecule has 2 aromatic carbocycles. The second kappa shape index (κ2) is 12.1. The maximum absolute atomic E-state index is 12.9. The van der Waals surface area contributed by atoms with Crippen molar-refractivity contribution in [3.05, 3.63) is 35.9 Å². The van der Waals surface area contributed by atoms with Gasteiger partial charge in [-0.1, -0.05) is 0 Å². The van der Waals surface area contributed by atoms with E-state index in [1.165, 1.54) is 45.3 Å². The van der Waals surface area contributed by atoms with Crippen LogP contribution in [0, 0.1) is 0 Å². The van der Waals surface area contributed by atoms with Crippen molar-refractivity contribution in [2.75, 3.05) is 60.8 Å². The summed E-state index contributed by atoms with van der Waals surface area (Å²) in [6, 6.07) is 7.68. The smallest absolute Gasteiger partial charge is 0.259 e. The van der Waals surface area contributed by atoms with Gasteiger partial charge < -0.3 is 40.1 Å². The average molecular weight is 550 g/mol. The minimum Gasteiger partial charge on any atom is -0.506 e. The summed E-state index contributed by atoms with van der Waals surface area (Å²) >= 11 is 0. The second-order valence-electron chi connectivity index (χ2n) is 9.86. The Balaban J connectivity index is 1.35. The van der Waals surface area contributed by atoms with Gasteiger partial charge in [-0.2, -0.15) is 15.0 Å². The lowest BCUT2D eigenvalue weighted by molar-refractivity contribution is 0.102. The number of anilines is 5. The molecule has 1 amide bonds. The van der Waals surface area contributed by atoms with Gasteiger partial charge in [0.2, 0.25) is 23.6 Å². The molecule has 0 bridgehead atoms. The first-order valence-electron chi connectivity index (χ1n) is 13.6. The van der Waals surface area contributed by atoms with Crippen LogP contribution in [0.4, 0.5) is 29.2 Å². The highest BCUT2D eigenvalue weighted by atomic mass is 16.5. The van der Waals surface area contributed by atoms with Gasteiger partial charge in [0.15, 0.2) is 11.5 Å². The molecule has 0 radical (unpaired) electrons. The Morgan fingerprint density at radius 1 is 0.825 bits per heavy atom. The number of phenolic OH excluding ortho intramolecular Hbond substituents is 2. The lowest BCUT2D eigenvalue weighted by Gasteiger charge is -2.30. The molecule has 0 spiro atoms. The fraction of sp³-hybridized carbons (Fsp3) is 0.429. The minimum absolute atomic E-state index is 0.0279. The number of carbonyl (C=O) groups is 1. The van der Waals surface area contributed by atoms with E-state index in [0.29, 0.717) is 29.3 Å². The zero-order valence-electron chi connectivity index (χ0n) is 22.8. The molecule has 212 valence electrons. The molecule has 0 unspecified atom stereocenters. The number of amides is 1. The van der Waals surface area contributed by atoms with E-state index in [4.69, 9.17) is 24.4 Å². The molecule has 5 rings (SSSR count). The molecule has 3 aromatic rings. The van der Waals surface area contributed by atoms with Gasteiger partial charge in [-0.05, 0) is 62.8 Å². The van der Waals surface area contributed by atoms with Crippen molar-refractivity contribution in [2.24, 2.45) is 0 Å². The van der Waals surface area contributed by atoms with Crippen LogP contribution in [0.25, 0.3) is 0 Å². The summed E-state index contributed by atoms with van der Waals surface area (Å²) in [5.41, 5.74) is 0.688. The number of methoxy groups -OCH3 is 2. The molecule has 0 aliphatic carbocycles. The number of benzene rings is 2. The number of carbonyl (C=O) groups excluding carboxylic acids is 1. The van der Waals surface area contributed by atoms with E-state index in [-0.39, 0.29) is 28.5 Å². The third kappa shape index (κ3) is 5.90. The first-order chi connectivity index (χ1) is 19.5. The van der Waals surface area contributed by atoms with Crippen LogP contribution in [-0.4, -0.2) is 71.5 Å². The summed E-state index contributed by atoms with van der Waals surface area (Å²) in [6.45, 7) is 3.64. The van der Waals surface area contributed by atoms with Crippen LogP contribution in [-0.2, 0) is 0 Å². The minimum atomic E-state index is -0.621. The van der Waals surface area contributed by atoms with Crippen LogP contribution < -0.4 is 29.9 Å². The van der Waals surface area contributed by atoms with E-state index in [2.05, 4.69) is 20.4 Å². The molecule has 40 heavy (non-hydrogen) atoms. The van der Waals surface area contributed by atoms with Crippen molar-refractivity contribution >= 4 is 35.1 Å². The molecule has 2 aliphatic heterocycles. The topological polar surface area (TPSA) is 145 Å². The van der Waals surface area contributed by atoms with E-state index in [9.17, 15) is 15.0 Å². The number of hydrogen-bond acceptors (Lipinski definition) is 11. The normalized spacial score (nSPS) is 15.4. The molecule has 12 nitrogen and oxygen atoms in total. The van der Waals surface area contributed by atoms with Gasteiger partial charge in [0.1, 0.15) is 5.75 Å². The quantitative estimate of drug-likeness (QED) is 0.299. The average Bonchev–Trinajstić information content (AvgIpc) is 2.99. The summed E-state index contributed by atoms with van der Waals surface area (Å²) < 4.78 is 10.3. The standard InChI is InChI=1S/C28H35N7O5/c1-39-22-12-10-19(23(37)24(22)40-2)25(38)30-20-11-9-18(17-21(20)36)29-26-31-27(34-13-5-3-6-14-34)33-28(32-26)35-15-7-4-8-16-35/h9-12,17,36-37H,3-8,13-16H2,1-2H3,(H,30,38)(H,29,31,32,33). The lowest BCUT2D eigenvalue weighted by Crippen LogP contribution is -2.34. The van der Waals surface area contributed by atoms with Crippen LogP contribution in [0.1, 0.15) is 48.9 Å². The second-order valence-corrected chi connectivity index (χ2v) is 9.86. The first-order valence-corrected chi connectivity index (χ1v) is 13.6. The maximum Gasteiger partial charge on any atom is 0.259 e. The molecule has 0 atom stereocenters. The molecular formula is C28H35N7O5. The summed E-state index contributed by atoms with van der Waals surface area (Å²) in [7, 11) is 2.80. The summed E-state index contributed by atoms with van der Waals surface area (Å²) in [5.74, 6) is 0.887. The van der Waals surface area contributed by atoms with Crippen LogP contribution in [0.5, 0.6) is 23.0 Å². The highest BCUT2D eigenvalue weighted by molar-refractivity contribution is 6.07. The predicted octanol–water partition coefficient (Wildman–Crippen LogP) is 4.28. The molecule has 2 fully saturated rings. The van der Waals surface area contributed by atoms with Crippen LogP contribution in [0.2, 0.25) is 0 Å². The van der Waals surface area contributed by atoms with Crippen molar-refractivity contribution in [3.63, 3.8) is 0 Å². The highest BCUT2D eigenvalue weighted by Gasteiger charge is 2.22. The number of ether oxygens (including phenoxy) is 2. The van der Waals surface area contributed by atoms with Crippen molar-refractivity contribution in [1.82, 2.24) is 15.0 Å². The lowest BCUT2D eigenvalue weighted by atomic mass is 10.1. The molecule has 1 aromatic heterocycles. The molecule has 3 heterocycles. The fourth-order valence-corrected chi connectivity index (χ4v) is 5.01. The van der Waals surface area contributed by atoms with E-state index in [0.717, 1.165) is 51.9 Å². The third-order valence-electron chi connectivity index (χ3n) is 7.16. The fourth-order valence-electron chi connectivity index (χ4n) is 5.01. The van der Waals surface area contributed by atoms with Crippen molar-refractivity contribution in [2.45, 2.75) is 38.5 Å². The number of piperidine rings is 2. The zero-order chi connectivity index (χ0) is 28.1. The number of aromatic nitrogens is 3. The van der Waals surface area contributed by atoms with Gasteiger partial charge in [0.25, 0.3) is 5.91 Å². The number of hydrogen-bond donors (Lipinski definition) is 4. The molecule has 4 N–H and O–H groups in total. The van der Waals surface area contributed by atoms with Gasteiger partial charge in [-0.25, -0.2) is 0 Å². The molecule has 2 saturated heterocycles. The number of nitrogens with one attached hydrogen (secondary N) is 2. The summed E-state index contributed by atoms with van der Waals surface area (Å²) in [5, 5.41) is 27.0. The maximum atomic E-state index is 12.9. The zero-order valence-corrected chi connectivity index (χ0v) is 22.8. The highest BCUT2D eigenvalue weighted by Crippen LogP contribution is 2.39. The summed E-state index contributed by atoms with van der Waals surface area (Å²) in [6.07, 6.45) is 6.84. The Bertz CT molecular complexity index is 1320. The summed E-state index contributed by atoms with van der Waals surface area (Å²) in [4.78, 5) is 31.5. The van der Waals surface area contributed by atoms with Crippen LogP contribution in [0.3, 0.4) is 0 Å². The van der Waals surface area contributed by atoms with Gasteiger partial charge >= 0.3 is 0 Å². The molecule has 12 heteroatoms. The van der Waals surface area contributed by atoms with E-state index < -0.39 is 5.91 Å². The Labute approximate surface area is 233 Å². The van der Waals surface area contributed by atoms with Crippen molar-refractivity contribution < 1.29 is 24.5 Å². The number of phenols is 2. The van der Waals surface area contributed by atoms with Gasteiger partial charge in [-0.3, -0.25) is 4.79 Å². The molecule has 0 saturated carbocycles. The van der Waals surface area contributed by atoms with Gasteiger partial charge in [-0.15, -0.1) is 0 Å². The van der Waals surface area contributed by atoms with Gasteiger partial charge in [0, 0.05) is 37.9 Å². The van der Waals surface area contributed by atoms with Gasteiger partial charge in [0.05, 0.1) is 25.5 Å². The van der Waals surface area contributed by atoms with Crippen LogP contribution >= 0.6 is 0 Å². The number of nitrogens with zero attached hydrogens (tertiary/aromatic N) is 5. The van der Waals surface area contributed by atoms with E-state index in [1.807, 2.05) is 0 Å². The Kier molecular flexibility index (Phi) is 8.23. The van der Waals surface area contributed by atoms with E-state index >= 15 is 0 Å². The first kappa shape index (κ1) is 27.1. The Morgan fingerprint density at radius 3 is 2.00 bits per heavy atom. The molecule has 2 aliphatic rings. The van der Waals surface area contributed by atoms with Crippen molar-refractivity contribution in [3.8, 4) is 23.0 Å². The third-order valence-corrected chi connectivity index (χ3v) is 7.16. The van der Waals surface area contributed by atoms with Crippen LogP contribution in [0.15, 0.2) is 30.3 Å². The monoisotopic (exact) mass is 549 g/mol. The SMILES string of the molecule is COc1ccc(C(=O)Nc2ccc(Nc3nc(N4CCCCC4)nc(N4CCCCC4)n3)cc2O)c(O)c1OC.